The number of fused-ring (bicyclic) bond motifs is 1. The Morgan fingerprint density at radius 3 is 2.67 bits per heavy atom. The molecule has 2 aliphatic rings. The first-order valence-corrected chi connectivity index (χ1v) is 9.97. The van der Waals surface area contributed by atoms with Crippen molar-refractivity contribution in [3.8, 4) is 11.5 Å². The first-order chi connectivity index (χ1) is 14.5. The van der Waals surface area contributed by atoms with Gasteiger partial charge in [0, 0.05) is 18.7 Å². The highest BCUT2D eigenvalue weighted by molar-refractivity contribution is 5.91. The lowest BCUT2D eigenvalue weighted by atomic mass is 9.93. The van der Waals surface area contributed by atoms with Crippen molar-refractivity contribution < 1.29 is 18.0 Å². The largest absolute Gasteiger partial charge is 0.403 e. The molecule has 1 aliphatic carbocycles. The van der Waals surface area contributed by atoms with Crippen LogP contribution in [0.2, 0.25) is 0 Å². The second kappa shape index (κ2) is 6.99. The van der Waals surface area contributed by atoms with Crippen LogP contribution in [0, 0.1) is 5.41 Å². The van der Waals surface area contributed by atoms with Crippen molar-refractivity contribution in [2.75, 3.05) is 18.4 Å². The molecule has 158 valence electrons. The Morgan fingerprint density at radius 2 is 1.97 bits per heavy atom. The summed E-state index contributed by atoms with van der Waals surface area (Å²) in [5.74, 6) is 0.106. The Bertz CT molecular complexity index is 1080. The number of nitrogens with zero attached hydrogens (tertiary/aromatic N) is 5. The van der Waals surface area contributed by atoms with Crippen LogP contribution in [0.5, 0.6) is 0 Å². The van der Waals surface area contributed by atoms with Gasteiger partial charge in [-0.05, 0) is 44.1 Å². The Labute approximate surface area is 170 Å². The van der Waals surface area contributed by atoms with E-state index >= 15 is 0 Å². The number of anilines is 1. The zero-order valence-corrected chi connectivity index (χ0v) is 16.4. The maximum absolute atomic E-state index is 13.2. The smallest absolute Gasteiger partial charge is 0.316 e. The quantitative estimate of drug-likeness (QED) is 0.656. The third kappa shape index (κ3) is 3.27. The van der Waals surface area contributed by atoms with Crippen molar-refractivity contribution in [1.82, 2.24) is 30.5 Å². The van der Waals surface area contributed by atoms with Crippen molar-refractivity contribution in [2.45, 2.75) is 45.1 Å². The monoisotopic (exact) mass is 417 g/mol. The summed E-state index contributed by atoms with van der Waals surface area (Å²) in [5.41, 5.74) is 1.02. The van der Waals surface area contributed by atoms with Gasteiger partial charge in [-0.1, -0.05) is 16.4 Å². The summed E-state index contributed by atoms with van der Waals surface area (Å²) >= 11 is 0. The van der Waals surface area contributed by atoms with Crippen molar-refractivity contribution in [3.63, 3.8) is 0 Å². The van der Waals surface area contributed by atoms with E-state index < -0.39 is 12.5 Å². The van der Waals surface area contributed by atoms with E-state index in [1.165, 1.54) is 25.0 Å². The maximum Gasteiger partial charge on any atom is 0.316 e. The Kier molecular flexibility index (Phi) is 4.40. The molecular formula is C19H21F2N7O2. The molecule has 9 nitrogen and oxygen atoms in total. The number of likely N-dealkylation sites (tertiary alicyclic amines) is 1. The van der Waals surface area contributed by atoms with E-state index in [2.05, 4.69) is 30.9 Å². The molecule has 1 aliphatic heterocycles. The van der Waals surface area contributed by atoms with Crippen LogP contribution in [-0.2, 0) is 4.79 Å². The highest BCUT2D eigenvalue weighted by atomic mass is 19.3. The predicted octanol–water partition coefficient (Wildman–Crippen LogP) is 3.15. The highest BCUT2D eigenvalue weighted by Crippen LogP contribution is 2.53. The number of carbonyl (C=O) groups is 1. The molecule has 11 heteroatoms. The van der Waals surface area contributed by atoms with E-state index in [1.54, 1.807) is 6.92 Å². The van der Waals surface area contributed by atoms with Crippen molar-refractivity contribution >= 4 is 23.0 Å². The van der Waals surface area contributed by atoms with Crippen LogP contribution in [0.3, 0.4) is 0 Å². The Balaban J connectivity index is 1.30. The second-order valence-electron chi connectivity index (χ2n) is 8.14. The molecular weight excluding hydrogens is 396 g/mol. The number of benzene rings is 1. The van der Waals surface area contributed by atoms with Gasteiger partial charge >= 0.3 is 6.01 Å². The fourth-order valence-corrected chi connectivity index (χ4v) is 4.10. The van der Waals surface area contributed by atoms with E-state index in [0.717, 1.165) is 25.9 Å². The first kappa shape index (κ1) is 18.9. The van der Waals surface area contributed by atoms with Gasteiger partial charge in [0.1, 0.15) is 11.6 Å². The van der Waals surface area contributed by atoms with Gasteiger partial charge in [0.15, 0.2) is 0 Å². The number of aromatic nitrogens is 5. The number of hydrogen-bond acceptors (Lipinski definition) is 7. The van der Waals surface area contributed by atoms with Crippen LogP contribution in [0.4, 0.5) is 14.8 Å². The minimum Gasteiger partial charge on any atom is -0.403 e. The van der Waals surface area contributed by atoms with Crippen LogP contribution >= 0.6 is 0 Å². The van der Waals surface area contributed by atoms with E-state index in [4.69, 9.17) is 4.42 Å². The topological polar surface area (TPSA) is 113 Å². The summed E-state index contributed by atoms with van der Waals surface area (Å²) in [5, 5.41) is 20.8. The molecule has 1 saturated heterocycles. The summed E-state index contributed by atoms with van der Waals surface area (Å²) in [6.07, 6.45) is 2.02. The lowest BCUT2D eigenvalue weighted by molar-refractivity contribution is -0.133. The fourth-order valence-electron chi connectivity index (χ4n) is 4.10. The standard InChI is InChI=1S/C19H21F2N7O2/c1-10(17(29)28-8-6-19(4-5-19)7-9-28)22-18-26-25-16(30-18)12-3-2-11(15(20)21)13-14(12)24-27-23-13/h2-3,10,15H,4-9H2,1H3,(H,22,26)(H,23,24,27)/t10-/m1/s1. The molecule has 3 aromatic rings. The lowest BCUT2D eigenvalue weighted by Gasteiger charge is -2.33. The molecule has 2 aromatic heterocycles. The number of H-pyrrole nitrogens is 1. The zero-order valence-electron chi connectivity index (χ0n) is 16.4. The average Bonchev–Trinajstić information content (AvgIpc) is 3.13. The van der Waals surface area contributed by atoms with Crippen LogP contribution < -0.4 is 5.32 Å². The maximum atomic E-state index is 13.2. The first-order valence-electron chi connectivity index (χ1n) is 9.97. The van der Waals surface area contributed by atoms with Gasteiger partial charge in [-0.15, -0.1) is 10.2 Å². The summed E-state index contributed by atoms with van der Waals surface area (Å²) in [7, 11) is 0. The Hall–Kier alpha value is -3.11. The molecule has 1 atom stereocenters. The molecule has 1 aromatic carbocycles. The molecule has 0 radical (unpaired) electrons. The predicted molar refractivity (Wildman–Crippen MR) is 103 cm³/mol. The van der Waals surface area contributed by atoms with E-state index in [1.807, 2.05) is 4.90 Å². The molecule has 1 saturated carbocycles. The number of piperidine rings is 1. The van der Waals surface area contributed by atoms with Crippen LogP contribution in [0.15, 0.2) is 16.5 Å². The molecule has 2 N–H and O–H groups in total. The fraction of sp³-hybridized carbons (Fsp3) is 0.526. The van der Waals surface area contributed by atoms with Crippen LogP contribution in [0.1, 0.15) is 44.6 Å². The van der Waals surface area contributed by atoms with E-state index in [0.29, 0.717) is 11.0 Å². The molecule has 1 amide bonds. The van der Waals surface area contributed by atoms with Gasteiger partial charge < -0.3 is 14.6 Å². The van der Waals surface area contributed by atoms with Crippen LogP contribution in [-0.4, -0.2) is 55.5 Å². The summed E-state index contributed by atoms with van der Waals surface area (Å²) in [6, 6.07) is 2.27. The molecule has 2 fully saturated rings. The van der Waals surface area contributed by atoms with E-state index in [9.17, 15) is 13.6 Å². The summed E-state index contributed by atoms with van der Waals surface area (Å²) in [6.45, 7) is 3.31. The number of halogens is 2. The number of alkyl halides is 2. The minimum atomic E-state index is -2.68. The number of aromatic amines is 1. The Morgan fingerprint density at radius 1 is 1.20 bits per heavy atom. The van der Waals surface area contributed by atoms with Gasteiger partial charge in [0.05, 0.1) is 11.1 Å². The van der Waals surface area contributed by atoms with Crippen LogP contribution in [0.25, 0.3) is 22.5 Å². The third-order valence-electron chi connectivity index (χ3n) is 6.21. The second-order valence-corrected chi connectivity index (χ2v) is 8.14. The molecule has 1 spiro atoms. The average molecular weight is 417 g/mol. The lowest BCUT2D eigenvalue weighted by Crippen LogP contribution is -2.45. The minimum absolute atomic E-state index is 0.00769. The van der Waals surface area contributed by atoms with Gasteiger partial charge in [0.2, 0.25) is 5.91 Å². The number of carbonyl (C=O) groups excluding carboxylic acids is 1. The molecule has 5 rings (SSSR count). The van der Waals surface area contributed by atoms with Gasteiger partial charge in [-0.3, -0.25) is 9.89 Å². The van der Waals surface area contributed by atoms with E-state index in [-0.39, 0.29) is 34.4 Å². The molecule has 0 unspecified atom stereocenters. The van der Waals surface area contributed by atoms with Crippen molar-refractivity contribution in [1.29, 1.82) is 0 Å². The van der Waals surface area contributed by atoms with Gasteiger partial charge in [-0.25, -0.2) is 8.78 Å². The normalized spacial score (nSPS) is 18.9. The van der Waals surface area contributed by atoms with Crippen molar-refractivity contribution in [2.24, 2.45) is 5.41 Å². The summed E-state index contributed by atoms with van der Waals surface area (Å²) < 4.78 is 31.9. The SMILES string of the molecule is C[C@@H](Nc1nnc(-c2ccc(C(F)F)c3nn[nH]c23)o1)C(=O)N1CCC2(CC1)CC2. The zero-order chi connectivity index (χ0) is 20.9. The number of rotatable bonds is 5. The number of hydrogen-bond donors (Lipinski definition) is 2. The highest BCUT2D eigenvalue weighted by Gasteiger charge is 2.45. The molecule has 0 bridgehead atoms. The number of amides is 1. The number of nitrogens with one attached hydrogen (secondary N) is 2. The molecule has 3 heterocycles. The summed E-state index contributed by atoms with van der Waals surface area (Å²) in [4.78, 5) is 14.6. The van der Waals surface area contributed by atoms with Gasteiger partial charge in [0.25, 0.3) is 12.3 Å². The molecule has 30 heavy (non-hydrogen) atoms. The van der Waals surface area contributed by atoms with Crippen molar-refractivity contribution in [3.05, 3.63) is 17.7 Å². The van der Waals surface area contributed by atoms with Gasteiger partial charge in [-0.2, -0.15) is 0 Å². The third-order valence-corrected chi connectivity index (χ3v) is 6.21.